The van der Waals surface area contributed by atoms with Crippen molar-refractivity contribution in [1.82, 2.24) is 20.2 Å². The van der Waals surface area contributed by atoms with Gasteiger partial charge >= 0.3 is 0 Å². The van der Waals surface area contributed by atoms with Crippen LogP contribution in [0.15, 0.2) is 5.16 Å². The van der Waals surface area contributed by atoms with Crippen molar-refractivity contribution >= 4 is 27.7 Å². The molecule has 0 amide bonds. The Kier molecular flexibility index (Phi) is 4.64. The van der Waals surface area contributed by atoms with Crippen LogP contribution in [0, 0.1) is 5.92 Å². The Morgan fingerprint density at radius 3 is 2.94 bits per heavy atom. The third-order valence-corrected chi connectivity index (χ3v) is 5.26. The van der Waals surface area contributed by atoms with E-state index in [2.05, 4.69) is 38.4 Å². The molecular formula is C10H17BrN4S. The van der Waals surface area contributed by atoms with Crippen molar-refractivity contribution in [2.45, 2.75) is 43.8 Å². The summed E-state index contributed by atoms with van der Waals surface area (Å²) in [7, 11) is 0. The maximum absolute atomic E-state index is 4.12. The molecule has 90 valence electrons. The number of rotatable bonds is 5. The largest absolute Gasteiger partial charge is 0.217 e. The van der Waals surface area contributed by atoms with Crippen molar-refractivity contribution < 1.29 is 0 Å². The van der Waals surface area contributed by atoms with Crippen LogP contribution in [0.1, 0.15) is 38.6 Å². The van der Waals surface area contributed by atoms with E-state index in [4.69, 9.17) is 0 Å². The lowest BCUT2D eigenvalue weighted by Gasteiger charge is -2.11. The summed E-state index contributed by atoms with van der Waals surface area (Å²) in [6, 6.07) is 0.539. The van der Waals surface area contributed by atoms with Crippen LogP contribution >= 0.6 is 27.7 Å². The SMILES string of the molecule is CC(CBr)CSc1nnnn1C1CCCC1. The number of hydrogen-bond acceptors (Lipinski definition) is 4. The molecule has 0 spiro atoms. The van der Waals surface area contributed by atoms with Gasteiger partial charge in [0.25, 0.3) is 0 Å². The van der Waals surface area contributed by atoms with Gasteiger partial charge in [0, 0.05) is 11.1 Å². The first-order chi connectivity index (χ1) is 7.81. The standard InChI is InChI=1S/C10H17BrN4S/c1-8(6-11)7-16-10-12-13-14-15(10)9-4-2-3-5-9/h8-9H,2-7H2,1H3. The molecule has 6 heteroatoms. The maximum atomic E-state index is 4.12. The summed E-state index contributed by atoms with van der Waals surface area (Å²) in [6.07, 6.45) is 5.08. The van der Waals surface area contributed by atoms with Gasteiger partial charge in [-0.2, -0.15) is 0 Å². The van der Waals surface area contributed by atoms with Crippen LogP contribution < -0.4 is 0 Å². The molecule has 2 rings (SSSR count). The molecule has 0 bridgehead atoms. The zero-order valence-electron chi connectivity index (χ0n) is 9.47. The first-order valence-corrected chi connectivity index (χ1v) is 7.88. The average molecular weight is 305 g/mol. The van der Waals surface area contributed by atoms with Gasteiger partial charge < -0.3 is 0 Å². The van der Waals surface area contributed by atoms with Crippen LogP contribution in [0.3, 0.4) is 0 Å². The molecule has 0 radical (unpaired) electrons. The second kappa shape index (κ2) is 6.00. The normalized spacial score (nSPS) is 19.1. The van der Waals surface area contributed by atoms with E-state index in [1.54, 1.807) is 11.8 Å². The maximum Gasteiger partial charge on any atom is 0.209 e. The van der Waals surface area contributed by atoms with Crippen molar-refractivity contribution in [3.63, 3.8) is 0 Å². The first-order valence-electron chi connectivity index (χ1n) is 5.78. The van der Waals surface area contributed by atoms with E-state index in [0.717, 1.165) is 16.2 Å². The number of nitrogens with zero attached hydrogens (tertiary/aromatic N) is 4. The van der Waals surface area contributed by atoms with E-state index in [-0.39, 0.29) is 0 Å². The van der Waals surface area contributed by atoms with Crippen LogP contribution in [0.5, 0.6) is 0 Å². The van der Waals surface area contributed by atoms with E-state index < -0.39 is 0 Å². The molecule has 16 heavy (non-hydrogen) atoms. The molecule has 1 aliphatic rings. The van der Waals surface area contributed by atoms with Gasteiger partial charge in [-0.1, -0.05) is 47.5 Å². The molecule has 1 atom stereocenters. The summed E-state index contributed by atoms with van der Waals surface area (Å²) in [4.78, 5) is 0. The Labute approximate surface area is 109 Å². The molecule has 1 heterocycles. The first kappa shape index (κ1) is 12.4. The van der Waals surface area contributed by atoms with Crippen molar-refractivity contribution in [2.24, 2.45) is 5.92 Å². The number of halogens is 1. The smallest absolute Gasteiger partial charge is 0.209 e. The number of alkyl halides is 1. The summed E-state index contributed by atoms with van der Waals surface area (Å²) in [6.45, 7) is 2.23. The average Bonchev–Trinajstić information content (AvgIpc) is 2.95. The summed E-state index contributed by atoms with van der Waals surface area (Å²) in [5.41, 5.74) is 0. The fraction of sp³-hybridized carbons (Fsp3) is 0.900. The zero-order valence-corrected chi connectivity index (χ0v) is 11.9. The molecule has 4 nitrogen and oxygen atoms in total. The van der Waals surface area contributed by atoms with Crippen molar-refractivity contribution in [3.05, 3.63) is 0 Å². The molecule has 1 fully saturated rings. The molecule has 1 unspecified atom stereocenters. The molecule has 1 aromatic heterocycles. The second-order valence-electron chi connectivity index (χ2n) is 4.41. The van der Waals surface area contributed by atoms with Gasteiger partial charge in [0.05, 0.1) is 6.04 Å². The van der Waals surface area contributed by atoms with E-state index >= 15 is 0 Å². The predicted octanol–water partition coefficient (Wildman–Crippen LogP) is 2.91. The molecule has 0 N–H and O–H groups in total. The molecule has 1 saturated carbocycles. The number of hydrogen-bond donors (Lipinski definition) is 0. The molecule has 1 aliphatic carbocycles. The van der Waals surface area contributed by atoms with E-state index in [1.165, 1.54) is 25.7 Å². The van der Waals surface area contributed by atoms with Crippen molar-refractivity contribution in [3.8, 4) is 0 Å². The molecule has 0 saturated heterocycles. The Morgan fingerprint density at radius 1 is 1.50 bits per heavy atom. The van der Waals surface area contributed by atoms with Crippen LogP contribution in [-0.4, -0.2) is 31.3 Å². The van der Waals surface area contributed by atoms with Gasteiger partial charge in [0.2, 0.25) is 5.16 Å². The van der Waals surface area contributed by atoms with E-state index in [1.807, 2.05) is 4.68 Å². The molecular weight excluding hydrogens is 288 g/mol. The minimum Gasteiger partial charge on any atom is -0.217 e. The van der Waals surface area contributed by atoms with Gasteiger partial charge in [0.1, 0.15) is 0 Å². The van der Waals surface area contributed by atoms with Crippen LogP contribution in [0.2, 0.25) is 0 Å². The van der Waals surface area contributed by atoms with Gasteiger partial charge in [0.15, 0.2) is 0 Å². The minimum absolute atomic E-state index is 0.539. The number of thioether (sulfide) groups is 1. The molecule has 0 aromatic carbocycles. The Balaban J connectivity index is 1.95. The number of aromatic nitrogens is 4. The Bertz CT molecular complexity index is 324. The van der Waals surface area contributed by atoms with Gasteiger partial charge in [-0.3, -0.25) is 0 Å². The van der Waals surface area contributed by atoms with Gasteiger partial charge in [-0.05, 0) is 29.2 Å². The third-order valence-electron chi connectivity index (χ3n) is 2.89. The Hall–Kier alpha value is -0.100. The quantitative estimate of drug-likeness (QED) is 0.620. The summed E-state index contributed by atoms with van der Waals surface area (Å²) in [5, 5.41) is 14.1. The molecule has 1 aromatic rings. The summed E-state index contributed by atoms with van der Waals surface area (Å²) < 4.78 is 2.03. The van der Waals surface area contributed by atoms with Crippen LogP contribution in [0.25, 0.3) is 0 Å². The van der Waals surface area contributed by atoms with Gasteiger partial charge in [-0.25, -0.2) is 4.68 Å². The number of tetrazole rings is 1. The third kappa shape index (κ3) is 2.97. The fourth-order valence-corrected chi connectivity index (χ4v) is 3.42. The van der Waals surface area contributed by atoms with E-state index in [0.29, 0.717) is 12.0 Å². The highest BCUT2D eigenvalue weighted by Crippen LogP contribution is 2.31. The zero-order chi connectivity index (χ0) is 11.4. The lowest BCUT2D eigenvalue weighted by atomic mass is 10.3. The van der Waals surface area contributed by atoms with Crippen molar-refractivity contribution in [2.75, 3.05) is 11.1 Å². The Morgan fingerprint density at radius 2 is 2.25 bits per heavy atom. The molecule has 0 aliphatic heterocycles. The van der Waals surface area contributed by atoms with Crippen molar-refractivity contribution in [1.29, 1.82) is 0 Å². The topological polar surface area (TPSA) is 43.6 Å². The van der Waals surface area contributed by atoms with Gasteiger partial charge in [-0.15, -0.1) is 5.10 Å². The van der Waals surface area contributed by atoms with Crippen LogP contribution in [-0.2, 0) is 0 Å². The second-order valence-corrected chi connectivity index (χ2v) is 6.05. The highest BCUT2D eigenvalue weighted by Gasteiger charge is 2.21. The minimum atomic E-state index is 0.539. The highest BCUT2D eigenvalue weighted by atomic mass is 79.9. The van der Waals surface area contributed by atoms with E-state index in [9.17, 15) is 0 Å². The predicted molar refractivity (Wildman–Crippen MR) is 69.0 cm³/mol. The summed E-state index contributed by atoms with van der Waals surface area (Å²) in [5.74, 6) is 1.72. The summed E-state index contributed by atoms with van der Waals surface area (Å²) >= 11 is 5.26. The highest BCUT2D eigenvalue weighted by molar-refractivity contribution is 9.09. The van der Waals surface area contributed by atoms with Crippen LogP contribution in [0.4, 0.5) is 0 Å². The monoisotopic (exact) mass is 304 g/mol. The fourth-order valence-electron chi connectivity index (χ4n) is 1.92. The lowest BCUT2D eigenvalue weighted by Crippen LogP contribution is -2.09. The lowest BCUT2D eigenvalue weighted by molar-refractivity contribution is 0.423.